The van der Waals surface area contributed by atoms with Crippen molar-refractivity contribution in [1.82, 2.24) is 24.7 Å². The zero-order valence-electron chi connectivity index (χ0n) is 14.9. The van der Waals surface area contributed by atoms with Gasteiger partial charge in [-0.3, -0.25) is 9.38 Å². The third kappa shape index (κ3) is 3.35. The lowest BCUT2D eigenvalue weighted by Gasteiger charge is -2.17. The molecule has 3 aromatic heterocycles. The van der Waals surface area contributed by atoms with Gasteiger partial charge in [-0.05, 0) is 26.0 Å². The number of imidazole rings is 1. The fourth-order valence-electron chi connectivity index (χ4n) is 3.06. The second-order valence-corrected chi connectivity index (χ2v) is 7.16. The summed E-state index contributed by atoms with van der Waals surface area (Å²) in [6, 6.07) is 2.36. The van der Waals surface area contributed by atoms with Crippen LogP contribution in [0.1, 0.15) is 19.5 Å². The Kier molecular flexibility index (Phi) is 4.27. The van der Waals surface area contributed by atoms with Crippen molar-refractivity contribution in [3.05, 3.63) is 42.2 Å². The first-order valence-corrected chi connectivity index (χ1v) is 8.67. The molecule has 0 saturated carbocycles. The highest BCUT2D eigenvalue weighted by Gasteiger charge is 2.27. The minimum Gasteiger partial charge on any atom is -0.384 e. The molecule has 1 saturated heterocycles. The predicted octanol–water partition coefficient (Wildman–Crippen LogP) is 1.88. The molecule has 3 aromatic rings. The number of alkyl halides is 1. The predicted molar refractivity (Wildman–Crippen MR) is 96.6 cm³/mol. The molecule has 0 aromatic carbocycles. The lowest BCUT2D eigenvalue weighted by molar-refractivity contribution is 0.0734. The van der Waals surface area contributed by atoms with Gasteiger partial charge in [0, 0.05) is 19.3 Å². The maximum Gasteiger partial charge on any atom is 0.155 e. The summed E-state index contributed by atoms with van der Waals surface area (Å²) in [5, 5.41) is 16.2. The average molecular weight is 374 g/mol. The Morgan fingerprint density at radius 2 is 2.07 bits per heavy atom. The number of nitrogens with zero attached hydrogens (tertiary/aromatic N) is 4. The Labute approximate surface area is 154 Å². The second kappa shape index (κ2) is 6.50. The van der Waals surface area contributed by atoms with Crippen LogP contribution in [0.15, 0.2) is 30.7 Å². The van der Waals surface area contributed by atoms with E-state index < -0.39 is 23.6 Å². The van der Waals surface area contributed by atoms with E-state index in [1.807, 2.05) is 0 Å². The van der Waals surface area contributed by atoms with E-state index in [4.69, 9.17) is 0 Å². The Bertz CT molecular complexity index is 984. The fraction of sp³-hybridized carbons (Fsp3) is 0.389. The molecule has 0 unspecified atom stereocenters. The van der Waals surface area contributed by atoms with Crippen LogP contribution < -0.4 is 10.6 Å². The van der Waals surface area contributed by atoms with Gasteiger partial charge in [0.2, 0.25) is 0 Å². The van der Waals surface area contributed by atoms with Gasteiger partial charge in [0.1, 0.15) is 23.3 Å². The molecule has 7 nitrogen and oxygen atoms in total. The van der Waals surface area contributed by atoms with E-state index in [1.165, 1.54) is 24.5 Å². The average Bonchev–Trinajstić information content (AvgIpc) is 3.22. The molecule has 4 heterocycles. The lowest BCUT2D eigenvalue weighted by atomic mass is 10.1. The first kappa shape index (κ1) is 17.7. The minimum absolute atomic E-state index is 0.0850. The van der Waals surface area contributed by atoms with E-state index >= 15 is 0 Å². The molecule has 4 rings (SSSR count). The van der Waals surface area contributed by atoms with Gasteiger partial charge in [0.05, 0.1) is 29.8 Å². The van der Waals surface area contributed by atoms with Crippen LogP contribution in [-0.2, 0) is 5.60 Å². The topological polar surface area (TPSA) is 87.4 Å². The number of rotatable bonds is 4. The van der Waals surface area contributed by atoms with Crippen LogP contribution in [0.3, 0.4) is 0 Å². The van der Waals surface area contributed by atoms with E-state index in [1.54, 1.807) is 24.4 Å². The maximum absolute atomic E-state index is 14.5. The number of hydrogen-bond acceptors (Lipinski definition) is 6. The van der Waals surface area contributed by atoms with Gasteiger partial charge in [-0.25, -0.2) is 18.7 Å². The highest BCUT2D eigenvalue weighted by Crippen LogP contribution is 2.26. The quantitative estimate of drug-likeness (QED) is 0.646. The van der Waals surface area contributed by atoms with Gasteiger partial charge in [-0.2, -0.15) is 0 Å². The summed E-state index contributed by atoms with van der Waals surface area (Å²) in [5.74, 6) is -0.139. The lowest BCUT2D eigenvalue weighted by Crippen LogP contribution is -2.29. The second-order valence-electron chi connectivity index (χ2n) is 7.16. The van der Waals surface area contributed by atoms with Crippen molar-refractivity contribution in [2.45, 2.75) is 31.7 Å². The summed E-state index contributed by atoms with van der Waals surface area (Å²) in [5.41, 5.74) is 0.265. The van der Waals surface area contributed by atoms with E-state index in [0.717, 1.165) is 0 Å². The molecule has 0 aliphatic carbocycles. The Hall–Kier alpha value is -2.65. The normalized spacial score (nSPS) is 20.3. The van der Waals surface area contributed by atoms with Crippen LogP contribution in [0.4, 0.5) is 14.6 Å². The van der Waals surface area contributed by atoms with Crippen LogP contribution in [0.25, 0.3) is 17.0 Å². The molecule has 0 bridgehead atoms. The van der Waals surface area contributed by atoms with Crippen LogP contribution in [0.2, 0.25) is 0 Å². The number of nitrogens with one attached hydrogen (secondary N) is 2. The minimum atomic E-state index is -1.16. The number of aromatic nitrogens is 4. The SMILES string of the molecule is CC(C)(O)c1cn2c(-c3nc(N[C@H]4CNC[C@@H]4F)ccc3F)cnc2cn1. The number of anilines is 1. The van der Waals surface area contributed by atoms with E-state index in [-0.39, 0.29) is 12.2 Å². The molecule has 1 aliphatic rings. The van der Waals surface area contributed by atoms with Crippen LogP contribution >= 0.6 is 0 Å². The first-order chi connectivity index (χ1) is 12.8. The largest absolute Gasteiger partial charge is 0.384 e. The van der Waals surface area contributed by atoms with Crippen LogP contribution in [0, 0.1) is 5.82 Å². The van der Waals surface area contributed by atoms with Gasteiger partial charge in [-0.1, -0.05) is 0 Å². The fourth-order valence-corrected chi connectivity index (χ4v) is 3.06. The van der Waals surface area contributed by atoms with Gasteiger partial charge in [-0.15, -0.1) is 0 Å². The van der Waals surface area contributed by atoms with Crippen molar-refractivity contribution < 1.29 is 13.9 Å². The molecular weight excluding hydrogens is 354 g/mol. The molecule has 0 radical (unpaired) electrons. The summed E-state index contributed by atoms with van der Waals surface area (Å²) in [7, 11) is 0. The number of aliphatic hydroxyl groups is 1. The third-order valence-corrected chi connectivity index (χ3v) is 4.58. The summed E-state index contributed by atoms with van der Waals surface area (Å²) < 4.78 is 30.0. The number of fused-ring (bicyclic) bond motifs is 1. The Morgan fingerprint density at radius 1 is 1.26 bits per heavy atom. The van der Waals surface area contributed by atoms with Crippen molar-refractivity contribution >= 4 is 11.5 Å². The molecule has 1 fully saturated rings. The summed E-state index contributed by atoms with van der Waals surface area (Å²) in [4.78, 5) is 12.7. The van der Waals surface area contributed by atoms with Crippen molar-refractivity contribution in [2.75, 3.05) is 18.4 Å². The number of halogens is 2. The summed E-state index contributed by atoms with van der Waals surface area (Å²) in [6.45, 7) is 3.99. The molecule has 142 valence electrons. The Balaban J connectivity index is 1.75. The highest BCUT2D eigenvalue weighted by molar-refractivity contribution is 5.62. The van der Waals surface area contributed by atoms with Crippen LogP contribution in [-0.4, -0.2) is 49.8 Å². The van der Waals surface area contributed by atoms with Gasteiger partial charge >= 0.3 is 0 Å². The molecule has 27 heavy (non-hydrogen) atoms. The van der Waals surface area contributed by atoms with Gasteiger partial charge in [0.15, 0.2) is 11.5 Å². The van der Waals surface area contributed by atoms with Gasteiger partial charge < -0.3 is 15.7 Å². The zero-order chi connectivity index (χ0) is 19.2. The zero-order valence-corrected chi connectivity index (χ0v) is 14.9. The number of pyridine rings is 1. The molecule has 1 aliphatic heterocycles. The van der Waals surface area contributed by atoms with E-state index in [2.05, 4.69) is 25.6 Å². The molecule has 3 N–H and O–H groups in total. The Morgan fingerprint density at radius 3 is 2.78 bits per heavy atom. The smallest absolute Gasteiger partial charge is 0.155 e. The van der Waals surface area contributed by atoms with Crippen LogP contribution in [0.5, 0.6) is 0 Å². The van der Waals surface area contributed by atoms with Crippen molar-refractivity contribution in [3.63, 3.8) is 0 Å². The monoisotopic (exact) mass is 374 g/mol. The van der Waals surface area contributed by atoms with Gasteiger partial charge in [0.25, 0.3) is 0 Å². The first-order valence-electron chi connectivity index (χ1n) is 8.67. The van der Waals surface area contributed by atoms with Crippen molar-refractivity contribution in [3.8, 4) is 11.4 Å². The molecule has 9 heteroatoms. The van der Waals surface area contributed by atoms with Crippen molar-refractivity contribution in [2.24, 2.45) is 0 Å². The van der Waals surface area contributed by atoms with Crippen molar-refractivity contribution in [1.29, 1.82) is 0 Å². The van der Waals surface area contributed by atoms with E-state index in [0.29, 0.717) is 29.4 Å². The molecule has 0 spiro atoms. The van der Waals surface area contributed by atoms with E-state index in [9.17, 15) is 13.9 Å². The third-order valence-electron chi connectivity index (χ3n) is 4.58. The summed E-state index contributed by atoms with van der Waals surface area (Å²) >= 11 is 0. The molecule has 2 atom stereocenters. The molecular formula is C18H20F2N6O. The molecule has 0 amide bonds. The maximum atomic E-state index is 14.5. The summed E-state index contributed by atoms with van der Waals surface area (Å²) in [6.07, 6.45) is 3.58. The number of hydrogen-bond donors (Lipinski definition) is 3. The standard InChI is InChI=1S/C18H20F2N6O/c1-18(2,27)14-9-26-13(7-23-16(26)8-22-14)17-10(19)3-4-15(25-17)24-12-6-21-5-11(12)20/h3-4,7-9,11-12,21,27H,5-6H2,1-2H3,(H,24,25)/t11-,12-/m0/s1. The highest BCUT2D eigenvalue weighted by atomic mass is 19.1.